The lowest BCUT2D eigenvalue weighted by Gasteiger charge is -2.08. The maximum Gasteiger partial charge on any atom is 0.130 e. The van der Waals surface area contributed by atoms with Gasteiger partial charge in [-0.25, -0.2) is 4.68 Å². The van der Waals surface area contributed by atoms with E-state index < -0.39 is 0 Å². The fourth-order valence-corrected chi connectivity index (χ4v) is 2.24. The molecule has 0 unspecified atom stereocenters. The summed E-state index contributed by atoms with van der Waals surface area (Å²) in [5.41, 5.74) is 6.05. The fraction of sp³-hybridized carbons (Fsp3) is 0.438. The summed E-state index contributed by atoms with van der Waals surface area (Å²) >= 11 is 0. The average molecular weight is 271 g/mol. The highest BCUT2D eigenvalue weighted by Crippen LogP contribution is 2.16. The van der Waals surface area contributed by atoms with Crippen LogP contribution in [0.1, 0.15) is 41.3 Å². The van der Waals surface area contributed by atoms with Gasteiger partial charge in [0.25, 0.3) is 0 Å². The zero-order chi connectivity index (χ0) is 14.7. The second-order valence-electron chi connectivity index (χ2n) is 5.46. The molecule has 0 aliphatic rings. The lowest BCUT2D eigenvalue weighted by atomic mass is 10.0. The van der Waals surface area contributed by atoms with Crippen LogP contribution in [0.3, 0.4) is 0 Å². The van der Waals surface area contributed by atoms with Gasteiger partial charge in [-0.1, -0.05) is 17.3 Å². The highest BCUT2D eigenvalue weighted by atomic mass is 16.1. The molecule has 0 radical (unpaired) electrons. The minimum Gasteiger partial charge on any atom is -0.300 e. The van der Waals surface area contributed by atoms with Crippen LogP contribution in [0, 0.1) is 20.8 Å². The van der Waals surface area contributed by atoms with E-state index in [4.69, 9.17) is 0 Å². The Bertz CT molecular complexity index is 605. The number of aromatic nitrogens is 3. The molecule has 0 aliphatic heterocycles. The van der Waals surface area contributed by atoms with E-state index in [1.165, 1.54) is 22.3 Å². The largest absolute Gasteiger partial charge is 0.300 e. The first-order valence-electron chi connectivity index (χ1n) is 6.91. The molecule has 1 aromatic carbocycles. The molecular formula is C16H21N3O. The molecule has 2 rings (SSSR count). The summed E-state index contributed by atoms with van der Waals surface area (Å²) in [6.45, 7) is 8.72. The average Bonchev–Trinajstić information content (AvgIpc) is 2.81. The molecule has 0 spiro atoms. The molecule has 0 amide bonds. The van der Waals surface area contributed by atoms with Gasteiger partial charge < -0.3 is 4.79 Å². The molecule has 2 aromatic rings. The number of rotatable bonds is 5. The number of hydrogen-bond donors (Lipinski definition) is 0. The maximum absolute atomic E-state index is 11.0. The number of benzene rings is 1. The molecule has 0 bridgehead atoms. The van der Waals surface area contributed by atoms with Gasteiger partial charge >= 0.3 is 0 Å². The van der Waals surface area contributed by atoms with Crippen molar-refractivity contribution >= 4 is 5.78 Å². The number of Topliss-reactive ketones (excluding diaryl/α,β-unsaturated/α-hetero) is 1. The van der Waals surface area contributed by atoms with Crippen LogP contribution in [0.4, 0.5) is 0 Å². The molecule has 0 saturated carbocycles. The van der Waals surface area contributed by atoms with E-state index in [1.54, 1.807) is 6.92 Å². The van der Waals surface area contributed by atoms with Gasteiger partial charge in [0.05, 0.1) is 12.2 Å². The van der Waals surface area contributed by atoms with Crippen molar-refractivity contribution in [3.8, 4) is 0 Å². The first-order valence-corrected chi connectivity index (χ1v) is 6.91. The number of aryl methyl sites for hydroxylation is 3. The van der Waals surface area contributed by atoms with Gasteiger partial charge in [-0.2, -0.15) is 0 Å². The third-order valence-corrected chi connectivity index (χ3v) is 3.65. The summed E-state index contributed by atoms with van der Waals surface area (Å²) < 4.78 is 1.83. The predicted octanol–water partition coefficient (Wildman–Crippen LogP) is 2.77. The maximum atomic E-state index is 11.0. The molecular weight excluding hydrogens is 250 g/mol. The summed E-state index contributed by atoms with van der Waals surface area (Å²) in [5.74, 6) is 0.185. The van der Waals surface area contributed by atoms with Crippen molar-refractivity contribution in [1.29, 1.82) is 0 Å². The lowest BCUT2D eigenvalue weighted by Crippen LogP contribution is -2.02. The van der Waals surface area contributed by atoms with E-state index in [2.05, 4.69) is 43.2 Å². The van der Waals surface area contributed by atoms with Crippen LogP contribution in [0.2, 0.25) is 0 Å². The first-order chi connectivity index (χ1) is 9.45. The Kier molecular flexibility index (Phi) is 4.32. The normalized spacial score (nSPS) is 10.8. The van der Waals surface area contributed by atoms with E-state index in [1.807, 2.05) is 10.9 Å². The van der Waals surface area contributed by atoms with E-state index >= 15 is 0 Å². The predicted molar refractivity (Wildman–Crippen MR) is 78.8 cm³/mol. The van der Waals surface area contributed by atoms with Gasteiger partial charge in [-0.15, -0.1) is 5.10 Å². The van der Waals surface area contributed by atoms with Crippen LogP contribution >= 0.6 is 0 Å². The second-order valence-corrected chi connectivity index (χ2v) is 5.46. The third kappa shape index (κ3) is 3.53. The monoisotopic (exact) mass is 271 g/mol. The summed E-state index contributed by atoms with van der Waals surface area (Å²) in [6.07, 6.45) is 3.12. The van der Waals surface area contributed by atoms with Gasteiger partial charge in [0.15, 0.2) is 0 Å². The van der Waals surface area contributed by atoms with E-state index in [9.17, 15) is 4.79 Å². The number of carbonyl (C=O) groups is 1. The Hall–Kier alpha value is -1.97. The molecule has 20 heavy (non-hydrogen) atoms. The van der Waals surface area contributed by atoms with Gasteiger partial charge in [0.1, 0.15) is 5.78 Å². The van der Waals surface area contributed by atoms with Crippen molar-refractivity contribution in [3.63, 3.8) is 0 Å². The smallest absolute Gasteiger partial charge is 0.130 e. The molecule has 0 saturated heterocycles. The molecule has 106 valence electrons. The Morgan fingerprint density at radius 1 is 1.20 bits per heavy atom. The topological polar surface area (TPSA) is 47.8 Å². The van der Waals surface area contributed by atoms with E-state index in [0.717, 1.165) is 12.2 Å². The Labute approximate surface area is 119 Å². The fourth-order valence-electron chi connectivity index (χ4n) is 2.24. The Balaban J connectivity index is 2.09. The van der Waals surface area contributed by atoms with Gasteiger partial charge in [0.2, 0.25) is 0 Å². The molecule has 0 fully saturated rings. The van der Waals surface area contributed by atoms with E-state index in [0.29, 0.717) is 12.8 Å². The van der Waals surface area contributed by atoms with Gasteiger partial charge in [0, 0.05) is 12.6 Å². The summed E-state index contributed by atoms with van der Waals surface area (Å²) in [7, 11) is 0. The highest BCUT2D eigenvalue weighted by Gasteiger charge is 2.05. The number of ketones is 1. The lowest BCUT2D eigenvalue weighted by molar-refractivity contribution is -0.116. The number of hydrogen-bond acceptors (Lipinski definition) is 3. The van der Waals surface area contributed by atoms with Gasteiger partial charge in [-0.3, -0.25) is 0 Å². The Morgan fingerprint density at radius 3 is 2.45 bits per heavy atom. The van der Waals surface area contributed by atoms with Crippen LogP contribution in [-0.2, 0) is 17.8 Å². The van der Waals surface area contributed by atoms with Crippen LogP contribution < -0.4 is 0 Å². The molecule has 1 heterocycles. The minimum absolute atomic E-state index is 0.185. The second kappa shape index (κ2) is 5.99. The summed E-state index contributed by atoms with van der Waals surface area (Å²) in [4.78, 5) is 11.0. The molecule has 4 heteroatoms. The van der Waals surface area contributed by atoms with Crippen molar-refractivity contribution in [2.75, 3.05) is 0 Å². The van der Waals surface area contributed by atoms with Gasteiger partial charge in [-0.05, 0) is 56.4 Å². The van der Waals surface area contributed by atoms with Crippen molar-refractivity contribution in [1.82, 2.24) is 15.0 Å². The van der Waals surface area contributed by atoms with Crippen LogP contribution in [-0.4, -0.2) is 20.8 Å². The SMILES string of the molecule is CC(=O)CCc1cn(Cc2cc(C)c(C)c(C)c2)nn1. The van der Waals surface area contributed by atoms with Crippen molar-refractivity contribution in [2.24, 2.45) is 0 Å². The molecule has 0 N–H and O–H groups in total. The van der Waals surface area contributed by atoms with Crippen molar-refractivity contribution in [3.05, 3.63) is 46.3 Å². The van der Waals surface area contributed by atoms with Crippen molar-refractivity contribution in [2.45, 2.75) is 47.1 Å². The Morgan fingerprint density at radius 2 is 1.85 bits per heavy atom. The molecule has 0 aliphatic carbocycles. The zero-order valence-corrected chi connectivity index (χ0v) is 12.6. The quantitative estimate of drug-likeness (QED) is 0.840. The minimum atomic E-state index is 0.185. The van der Waals surface area contributed by atoms with Crippen LogP contribution in [0.5, 0.6) is 0 Å². The first kappa shape index (κ1) is 14.4. The van der Waals surface area contributed by atoms with Crippen molar-refractivity contribution < 1.29 is 4.79 Å². The number of carbonyl (C=O) groups excluding carboxylic acids is 1. The molecule has 0 atom stereocenters. The third-order valence-electron chi connectivity index (χ3n) is 3.65. The van der Waals surface area contributed by atoms with Crippen LogP contribution in [0.25, 0.3) is 0 Å². The van der Waals surface area contributed by atoms with Crippen LogP contribution in [0.15, 0.2) is 18.3 Å². The molecule has 1 aromatic heterocycles. The highest BCUT2D eigenvalue weighted by molar-refractivity contribution is 5.75. The zero-order valence-electron chi connectivity index (χ0n) is 12.6. The summed E-state index contributed by atoms with van der Waals surface area (Å²) in [5, 5.41) is 8.23. The molecule has 4 nitrogen and oxygen atoms in total. The number of nitrogens with zero attached hydrogens (tertiary/aromatic N) is 3. The standard InChI is InChI=1S/C16H21N3O/c1-11-7-15(8-12(2)14(11)4)9-19-10-16(17-18-19)6-5-13(3)20/h7-8,10H,5-6,9H2,1-4H3. The summed E-state index contributed by atoms with van der Waals surface area (Å²) in [6, 6.07) is 4.39. The van der Waals surface area contributed by atoms with E-state index in [-0.39, 0.29) is 5.78 Å².